The molecule has 1 aromatic carbocycles. The molecule has 118 valence electrons. The van der Waals surface area contributed by atoms with Crippen LogP contribution >= 0.6 is 11.6 Å². The lowest BCUT2D eigenvalue weighted by Crippen LogP contribution is -2.34. The molecular formula is C15H19ClF3NO. The Morgan fingerprint density at radius 2 is 2.14 bits per heavy atom. The number of halogens is 4. The van der Waals surface area contributed by atoms with Crippen molar-refractivity contribution in [3.8, 4) is 0 Å². The minimum Gasteiger partial charge on any atom is -0.382 e. The normalized spacial score (nSPS) is 23.1. The van der Waals surface area contributed by atoms with Gasteiger partial charge in [-0.2, -0.15) is 13.2 Å². The van der Waals surface area contributed by atoms with Gasteiger partial charge in [-0.25, -0.2) is 0 Å². The Bertz CT molecular complexity index is 476. The van der Waals surface area contributed by atoms with Crippen molar-refractivity contribution in [3.05, 3.63) is 28.8 Å². The van der Waals surface area contributed by atoms with Crippen LogP contribution in [0.3, 0.4) is 0 Å². The molecule has 2 nitrogen and oxygen atoms in total. The van der Waals surface area contributed by atoms with E-state index < -0.39 is 11.7 Å². The quantitative estimate of drug-likeness (QED) is 0.831. The first-order chi connectivity index (χ1) is 9.90. The Balaban J connectivity index is 2.06. The van der Waals surface area contributed by atoms with Gasteiger partial charge in [0.2, 0.25) is 0 Å². The molecule has 1 N–H and O–H groups in total. The van der Waals surface area contributed by atoms with Gasteiger partial charge >= 0.3 is 6.18 Å². The molecule has 1 aromatic rings. The molecule has 1 aliphatic rings. The van der Waals surface area contributed by atoms with E-state index in [1.807, 2.05) is 0 Å². The van der Waals surface area contributed by atoms with Crippen molar-refractivity contribution in [1.29, 1.82) is 0 Å². The van der Waals surface area contributed by atoms with Gasteiger partial charge in [0.15, 0.2) is 0 Å². The van der Waals surface area contributed by atoms with E-state index >= 15 is 0 Å². The second kappa shape index (κ2) is 6.88. The average Bonchev–Trinajstić information content (AvgIpc) is 2.40. The highest BCUT2D eigenvalue weighted by atomic mass is 35.5. The zero-order valence-corrected chi connectivity index (χ0v) is 12.6. The van der Waals surface area contributed by atoms with Crippen LogP contribution in [0.25, 0.3) is 0 Å². The fourth-order valence-corrected chi connectivity index (χ4v) is 2.83. The van der Waals surface area contributed by atoms with Crippen molar-refractivity contribution in [1.82, 2.24) is 0 Å². The van der Waals surface area contributed by atoms with Gasteiger partial charge in [0, 0.05) is 18.3 Å². The third-order valence-electron chi connectivity index (χ3n) is 3.62. The van der Waals surface area contributed by atoms with Crippen LogP contribution < -0.4 is 5.32 Å². The van der Waals surface area contributed by atoms with E-state index in [0.29, 0.717) is 12.3 Å². The molecule has 2 unspecified atom stereocenters. The molecule has 1 fully saturated rings. The molecule has 0 bridgehead atoms. The van der Waals surface area contributed by atoms with Crippen molar-refractivity contribution >= 4 is 17.3 Å². The van der Waals surface area contributed by atoms with Gasteiger partial charge in [0.05, 0.1) is 16.7 Å². The molecule has 0 amide bonds. The van der Waals surface area contributed by atoms with Crippen LogP contribution in [0.1, 0.15) is 38.2 Å². The smallest absolute Gasteiger partial charge is 0.382 e. The molecule has 0 saturated carbocycles. The third kappa shape index (κ3) is 4.51. The summed E-state index contributed by atoms with van der Waals surface area (Å²) < 4.78 is 44.2. The number of alkyl halides is 3. The molecule has 1 heterocycles. The van der Waals surface area contributed by atoms with Crippen molar-refractivity contribution < 1.29 is 17.9 Å². The lowest BCUT2D eigenvalue weighted by Gasteiger charge is -2.31. The predicted octanol–water partition coefficient (Wildman–Crippen LogP) is 5.12. The number of nitrogens with one attached hydrogen (secondary N) is 1. The van der Waals surface area contributed by atoms with Gasteiger partial charge in [0.25, 0.3) is 0 Å². The van der Waals surface area contributed by atoms with Crippen LogP contribution in [-0.2, 0) is 10.9 Å². The maximum Gasteiger partial charge on any atom is 0.417 e. The van der Waals surface area contributed by atoms with Crippen LogP contribution in [0.5, 0.6) is 0 Å². The molecule has 1 aliphatic heterocycles. The first kappa shape index (κ1) is 16.4. The Hall–Kier alpha value is -0.940. The van der Waals surface area contributed by atoms with E-state index in [2.05, 4.69) is 12.2 Å². The number of rotatable bonds is 4. The van der Waals surface area contributed by atoms with Crippen LogP contribution in [0.4, 0.5) is 18.9 Å². The third-order valence-corrected chi connectivity index (χ3v) is 3.95. The number of ether oxygens (including phenoxy) is 1. The Morgan fingerprint density at radius 3 is 2.81 bits per heavy atom. The Kier molecular flexibility index (Phi) is 5.38. The first-order valence-electron chi connectivity index (χ1n) is 7.15. The summed E-state index contributed by atoms with van der Waals surface area (Å²) in [7, 11) is 0. The molecule has 2 atom stereocenters. The van der Waals surface area contributed by atoms with Crippen LogP contribution in [0, 0.1) is 0 Å². The zero-order chi connectivity index (χ0) is 15.5. The monoisotopic (exact) mass is 321 g/mol. The van der Waals surface area contributed by atoms with Gasteiger partial charge < -0.3 is 10.1 Å². The van der Waals surface area contributed by atoms with Gasteiger partial charge in [-0.1, -0.05) is 24.9 Å². The molecule has 21 heavy (non-hydrogen) atoms. The summed E-state index contributed by atoms with van der Waals surface area (Å²) in [6.45, 7) is 2.73. The lowest BCUT2D eigenvalue weighted by atomic mass is 9.99. The predicted molar refractivity (Wildman–Crippen MR) is 77.7 cm³/mol. The van der Waals surface area contributed by atoms with Crippen LogP contribution in [0.15, 0.2) is 18.2 Å². The van der Waals surface area contributed by atoms with Gasteiger partial charge in [-0.15, -0.1) is 0 Å². The van der Waals surface area contributed by atoms with Crippen molar-refractivity contribution in [2.75, 3.05) is 11.9 Å². The number of hydrogen-bond acceptors (Lipinski definition) is 2. The zero-order valence-electron chi connectivity index (χ0n) is 11.8. The topological polar surface area (TPSA) is 21.3 Å². The largest absolute Gasteiger partial charge is 0.417 e. The first-order valence-corrected chi connectivity index (χ1v) is 7.53. The van der Waals surface area contributed by atoms with Crippen molar-refractivity contribution in [2.45, 2.75) is 50.9 Å². The van der Waals surface area contributed by atoms with E-state index in [4.69, 9.17) is 16.3 Å². The fraction of sp³-hybridized carbons (Fsp3) is 0.600. The van der Waals surface area contributed by atoms with Crippen LogP contribution in [0.2, 0.25) is 5.02 Å². The van der Waals surface area contributed by atoms with Gasteiger partial charge in [0.1, 0.15) is 0 Å². The van der Waals surface area contributed by atoms with Gasteiger partial charge in [-0.3, -0.25) is 0 Å². The summed E-state index contributed by atoms with van der Waals surface area (Å²) in [5.41, 5.74) is -0.347. The van der Waals surface area contributed by atoms with E-state index in [1.165, 1.54) is 6.07 Å². The second-order valence-corrected chi connectivity index (χ2v) is 5.75. The minimum atomic E-state index is -4.44. The molecule has 0 spiro atoms. The highest BCUT2D eigenvalue weighted by Gasteiger charge is 2.33. The van der Waals surface area contributed by atoms with E-state index in [1.54, 1.807) is 6.07 Å². The molecule has 0 radical (unpaired) electrons. The van der Waals surface area contributed by atoms with E-state index in [0.717, 1.165) is 31.7 Å². The minimum absolute atomic E-state index is 0.137. The molecule has 1 saturated heterocycles. The van der Waals surface area contributed by atoms with Crippen molar-refractivity contribution in [2.24, 2.45) is 0 Å². The summed E-state index contributed by atoms with van der Waals surface area (Å²) in [6.07, 6.45) is -0.615. The lowest BCUT2D eigenvalue weighted by molar-refractivity contribution is -0.137. The van der Waals surface area contributed by atoms with Crippen LogP contribution in [-0.4, -0.2) is 18.8 Å². The Labute approximate surface area is 127 Å². The summed E-state index contributed by atoms with van der Waals surface area (Å²) in [6, 6.07) is 4.09. The summed E-state index contributed by atoms with van der Waals surface area (Å²) in [5.74, 6) is 0. The molecule has 2 rings (SSSR count). The van der Waals surface area contributed by atoms with Gasteiger partial charge in [-0.05, 0) is 37.5 Å². The fourth-order valence-electron chi connectivity index (χ4n) is 2.60. The second-order valence-electron chi connectivity index (χ2n) is 5.34. The molecule has 0 aromatic heterocycles. The van der Waals surface area contributed by atoms with E-state index in [-0.39, 0.29) is 17.2 Å². The number of anilines is 1. The van der Waals surface area contributed by atoms with E-state index in [9.17, 15) is 13.2 Å². The summed E-state index contributed by atoms with van der Waals surface area (Å²) >= 11 is 5.62. The maximum absolute atomic E-state index is 12.8. The highest BCUT2D eigenvalue weighted by molar-refractivity contribution is 6.31. The summed E-state index contributed by atoms with van der Waals surface area (Å²) in [5, 5.41) is 2.90. The number of benzene rings is 1. The Morgan fingerprint density at radius 1 is 1.38 bits per heavy atom. The highest BCUT2D eigenvalue weighted by Crippen LogP contribution is 2.36. The standard InChI is InChI=1S/C15H19ClF3NO/c1-2-3-12-8-11(6-7-21-12)20-10-4-5-14(16)13(9-10)15(17,18)19/h4-5,9,11-12,20H,2-3,6-8H2,1H3. The number of hydrogen-bond donors (Lipinski definition) is 1. The summed E-state index contributed by atoms with van der Waals surface area (Å²) in [4.78, 5) is 0. The molecule has 0 aliphatic carbocycles. The SMILES string of the molecule is CCCC1CC(Nc2ccc(Cl)c(C(F)(F)F)c2)CCO1. The maximum atomic E-state index is 12.8. The van der Waals surface area contributed by atoms with Crippen molar-refractivity contribution in [3.63, 3.8) is 0 Å². The molecular weight excluding hydrogens is 303 g/mol. The molecule has 6 heteroatoms. The average molecular weight is 322 g/mol.